The topological polar surface area (TPSA) is 32.3 Å². The Morgan fingerprint density at radius 2 is 1.85 bits per heavy atom. The zero-order valence-electron chi connectivity index (χ0n) is 15.8. The van der Waals surface area contributed by atoms with Gasteiger partial charge in [0.1, 0.15) is 5.82 Å². The van der Waals surface area contributed by atoms with Gasteiger partial charge in [0.2, 0.25) is 0 Å². The average Bonchev–Trinajstić information content (AvgIpc) is 2.63. The van der Waals surface area contributed by atoms with Crippen molar-refractivity contribution in [2.75, 3.05) is 37.8 Å². The van der Waals surface area contributed by atoms with E-state index in [-0.39, 0.29) is 5.54 Å². The molecule has 146 valence electrons. The lowest BCUT2D eigenvalue weighted by Gasteiger charge is -2.45. The number of hydrogen-bond donors (Lipinski definition) is 0. The molecule has 0 atom stereocenters. The summed E-state index contributed by atoms with van der Waals surface area (Å²) in [6.45, 7) is 6.83. The Morgan fingerprint density at radius 3 is 2.48 bits per heavy atom. The molecule has 8 heteroatoms. The summed E-state index contributed by atoms with van der Waals surface area (Å²) in [5.74, 6) is 0.753. The van der Waals surface area contributed by atoms with Crippen molar-refractivity contribution in [2.24, 2.45) is 0 Å². The van der Waals surface area contributed by atoms with Gasteiger partial charge >= 0.3 is 6.18 Å². The van der Waals surface area contributed by atoms with Gasteiger partial charge in [0.25, 0.3) is 0 Å². The third-order valence-electron chi connectivity index (χ3n) is 5.00. The second-order valence-electron chi connectivity index (χ2n) is 7.33. The minimum absolute atomic E-state index is 0.0148. The average molecular weight is 396 g/mol. The zero-order chi connectivity index (χ0) is 19.8. The molecule has 0 spiro atoms. The van der Waals surface area contributed by atoms with Crippen LogP contribution in [0.1, 0.15) is 19.4 Å². The first-order chi connectivity index (χ1) is 12.6. The molecule has 0 aliphatic carbocycles. The van der Waals surface area contributed by atoms with Crippen molar-refractivity contribution in [3.05, 3.63) is 35.9 Å². The highest BCUT2D eigenvalue weighted by atomic mass is 32.2. The molecule has 0 bridgehead atoms. The molecule has 0 saturated carbocycles. The van der Waals surface area contributed by atoms with Gasteiger partial charge in [-0.2, -0.15) is 13.2 Å². The fourth-order valence-electron chi connectivity index (χ4n) is 3.10. The van der Waals surface area contributed by atoms with E-state index in [0.29, 0.717) is 16.4 Å². The van der Waals surface area contributed by atoms with E-state index in [1.54, 1.807) is 12.1 Å². The van der Waals surface area contributed by atoms with E-state index < -0.39 is 11.7 Å². The van der Waals surface area contributed by atoms with E-state index in [1.807, 2.05) is 6.26 Å². The van der Waals surface area contributed by atoms with Gasteiger partial charge in [-0.25, -0.2) is 9.97 Å². The lowest BCUT2D eigenvalue weighted by molar-refractivity contribution is -0.137. The molecule has 1 fully saturated rings. The molecule has 2 aromatic rings. The number of aromatic nitrogens is 2. The molecule has 2 heterocycles. The van der Waals surface area contributed by atoms with Crippen molar-refractivity contribution >= 4 is 17.6 Å². The summed E-state index contributed by atoms with van der Waals surface area (Å²) in [6.07, 6.45) is -2.52. The largest absolute Gasteiger partial charge is 0.416 e. The highest BCUT2D eigenvalue weighted by molar-refractivity contribution is 7.98. The van der Waals surface area contributed by atoms with Crippen LogP contribution >= 0.6 is 11.8 Å². The molecular weight excluding hydrogens is 373 g/mol. The van der Waals surface area contributed by atoms with Crippen LogP contribution in [0.2, 0.25) is 0 Å². The molecule has 27 heavy (non-hydrogen) atoms. The summed E-state index contributed by atoms with van der Waals surface area (Å²) in [5.41, 5.74) is 0.259. The van der Waals surface area contributed by atoms with Gasteiger partial charge in [-0.05, 0) is 39.3 Å². The Hall–Kier alpha value is -1.80. The molecular formula is C19H23F3N4S. The van der Waals surface area contributed by atoms with Gasteiger partial charge in [0, 0.05) is 36.8 Å². The van der Waals surface area contributed by atoms with Crippen LogP contribution in [0.3, 0.4) is 0 Å². The smallest absolute Gasteiger partial charge is 0.353 e. The number of likely N-dealkylation sites (N-methyl/N-ethyl adjacent to an activating group) is 1. The van der Waals surface area contributed by atoms with Gasteiger partial charge in [0.05, 0.1) is 11.3 Å². The number of piperazine rings is 1. The van der Waals surface area contributed by atoms with Crippen molar-refractivity contribution in [3.63, 3.8) is 0 Å². The fourth-order valence-corrected chi connectivity index (χ4v) is 3.48. The summed E-state index contributed by atoms with van der Waals surface area (Å²) in [6, 6.07) is 7.07. The molecule has 1 aromatic heterocycles. The molecule has 0 radical (unpaired) electrons. The number of rotatable bonds is 3. The van der Waals surface area contributed by atoms with Crippen LogP contribution in [0.15, 0.2) is 35.5 Å². The lowest BCUT2D eigenvalue weighted by atomic mass is 9.99. The first-order valence-corrected chi connectivity index (χ1v) is 9.89. The van der Waals surface area contributed by atoms with Gasteiger partial charge in [0.15, 0.2) is 5.16 Å². The highest BCUT2D eigenvalue weighted by Crippen LogP contribution is 2.33. The molecule has 1 aliphatic heterocycles. The molecule has 0 unspecified atom stereocenters. The lowest BCUT2D eigenvalue weighted by Crippen LogP contribution is -2.57. The fraction of sp³-hybridized carbons (Fsp3) is 0.474. The molecule has 3 rings (SSSR count). The van der Waals surface area contributed by atoms with Crippen molar-refractivity contribution in [3.8, 4) is 11.3 Å². The number of hydrogen-bond acceptors (Lipinski definition) is 5. The van der Waals surface area contributed by atoms with Crippen molar-refractivity contribution in [1.82, 2.24) is 14.9 Å². The Balaban J connectivity index is 2.00. The molecule has 1 aliphatic rings. The van der Waals surface area contributed by atoms with E-state index in [1.165, 1.54) is 17.8 Å². The van der Waals surface area contributed by atoms with Crippen LogP contribution in [0.4, 0.5) is 19.0 Å². The maximum Gasteiger partial charge on any atom is 0.416 e. The third-order valence-corrected chi connectivity index (χ3v) is 5.55. The van der Waals surface area contributed by atoms with E-state index >= 15 is 0 Å². The Kier molecular flexibility index (Phi) is 5.40. The number of nitrogens with zero attached hydrogens (tertiary/aromatic N) is 4. The van der Waals surface area contributed by atoms with Crippen molar-refractivity contribution in [1.29, 1.82) is 0 Å². The molecule has 1 aromatic carbocycles. The number of alkyl halides is 3. The quantitative estimate of drug-likeness (QED) is 0.567. The van der Waals surface area contributed by atoms with Crippen LogP contribution in [0.5, 0.6) is 0 Å². The van der Waals surface area contributed by atoms with E-state index in [9.17, 15) is 13.2 Å². The van der Waals surface area contributed by atoms with Crippen LogP contribution < -0.4 is 4.90 Å². The summed E-state index contributed by atoms with van der Waals surface area (Å²) in [4.78, 5) is 13.5. The molecule has 0 amide bonds. The summed E-state index contributed by atoms with van der Waals surface area (Å²) >= 11 is 1.38. The van der Waals surface area contributed by atoms with Crippen LogP contribution in [-0.4, -0.2) is 53.3 Å². The number of anilines is 1. The van der Waals surface area contributed by atoms with Gasteiger partial charge in [-0.3, -0.25) is 4.90 Å². The van der Waals surface area contributed by atoms with Crippen molar-refractivity contribution < 1.29 is 13.2 Å². The number of benzene rings is 1. The highest BCUT2D eigenvalue weighted by Gasteiger charge is 2.32. The molecule has 1 saturated heterocycles. The zero-order valence-corrected chi connectivity index (χ0v) is 16.7. The maximum atomic E-state index is 13.1. The minimum atomic E-state index is -4.38. The molecule has 4 nitrogen and oxygen atoms in total. The predicted molar refractivity (Wildman–Crippen MR) is 103 cm³/mol. The minimum Gasteiger partial charge on any atom is -0.353 e. The standard InChI is InChI=1S/C19H23F3N4S/c1-18(2)12-26(9-8-25(18)3)16-11-15(23-17(24-16)27-4)13-6-5-7-14(10-13)19(20,21)22/h5-7,10-11H,8-9,12H2,1-4H3. The van der Waals surface area contributed by atoms with Gasteiger partial charge in [-0.1, -0.05) is 23.9 Å². The number of thioether (sulfide) groups is 1. The summed E-state index contributed by atoms with van der Waals surface area (Å²) in [7, 11) is 2.10. The Morgan fingerprint density at radius 1 is 1.11 bits per heavy atom. The third kappa shape index (κ3) is 4.38. The van der Waals surface area contributed by atoms with Crippen LogP contribution in [0.25, 0.3) is 11.3 Å². The van der Waals surface area contributed by atoms with E-state index in [4.69, 9.17) is 0 Å². The van der Waals surface area contributed by atoms with E-state index in [2.05, 4.69) is 40.7 Å². The Bertz CT molecular complexity index is 823. The normalized spacial score (nSPS) is 18.0. The van der Waals surface area contributed by atoms with Crippen LogP contribution in [-0.2, 0) is 6.18 Å². The first kappa shape index (κ1) is 19.9. The van der Waals surface area contributed by atoms with E-state index in [0.717, 1.165) is 37.6 Å². The summed E-state index contributed by atoms with van der Waals surface area (Å²) in [5, 5.41) is 0.552. The monoisotopic (exact) mass is 396 g/mol. The second kappa shape index (κ2) is 7.31. The van der Waals surface area contributed by atoms with Crippen molar-refractivity contribution in [2.45, 2.75) is 30.7 Å². The number of halogens is 3. The van der Waals surface area contributed by atoms with Gasteiger partial charge < -0.3 is 4.90 Å². The SMILES string of the molecule is CSc1nc(-c2cccc(C(F)(F)F)c2)cc(N2CCN(C)C(C)(C)C2)n1. The first-order valence-electron chi connectivity index (χ1n) is 8.67. The van der Waals surface area contributed by atoms with Gasteiger partial charge in [-0.15, -0.1) is 0 Å². The maximum absolute atomic E-state index is 13.1. The predicted octanol–water partition coefficient (Wildman–Crippen LogP) is 4.41. The second-order valence-corrected chi connectivity index (χ2v) is 8.11. The molecule has 0 N–H and O–H groups in total. The van der Waals surface area contributed by atoms with Crippen LogP contribution in [0, 0.1) is 0 Å². The Labute approximate surface area is 161 Å². The summed E-state index contributed by atoms with van der Waals surface area (Å²) < 4.78 is 39.2.